The minimum atomic E-state index is -0.273. The number of nitrogens with zero attached hydrogens (tertiary/aromatic N) is 2. The average Bonchev–Trinajstić information content (AvgIpc) is 2.70. The second kappa shape index (κ2) is 5.63. The monoisotopic (exact) mass is 211 g/mol. The van der Waals surface area contributed by atoms with Gasteiger partial charge in [0.2, 0.25) is 5.91 Å². The van der Waals surface area contributed by atoms with Crippen LogP contribution in [0, 0.1) is 0 Å². The van der Waals surface area contributed by atoms with Crippen LogP contribution in [0.3, 0.4) is 0 Å². The van der Waals surface area contributed by atoms with E-state index in [0.717, 1.165) is 5.69 Å². The average molecular weight is 211 g/mol. The number of hydrogen-bond acceptors (Lipinski definition) is 4. The summed E-state index contributed by atoms with van der Waals surface area (Å²) in [4.78, 5) is 17.9. The van der Waals surface area contributed by atoms with E-state index >= 15 is 0 Å². The number of H-pyrrole nitrogens is 1. The first kappa shape index (κ1) is 11.0. The molecule has 0 atom stereocenters. The van der Waals surface area contributed by atoms with Gasteiger partial charge in [-0.3, -0.25) is 4.79 Å². The summed E-state index contributed by atoms with van der Waals surface area (Å²) in [6.45, 7) is 0.486. The van der Waals surface area contributed by atoms with E-state index in [2.05, 4.69) is 20.4 Å². The van der Waals surface area contributed by atoms with Gasteiger partial charge in [-0.05, 0) is 0 Å². The zero-order valence-corrected chi connectivity index (χ0v) is 8.10. The van der Waals surface area contributed by atoms with Crippen molar-refractivity contribution < 1.29 is 10.0 Å². The fraction of sp³-hybridized carbons (Fsp3) is 0.375. The van der Waals surface area contributed by atoms with Crippen LogP contribution in [0.5, 0.6) is 0 Å². The molecule has 0 unspecified atom stereocenters. The molecule has 15 heavy (non-hydrogen) atoms. The van der Waals surface area contributed by atoms with Gasteiger partial charge in [-0.2, -0.15) is 0 Å². The summed E-state index contributed by atoms with van der Waals surface area (Å²) in [5, 5.41) is 13.6. The molecule has 82 valence electrons. The van der Waals surface area contributed by atoms with E-state index in [9.17, 15) is 4.79 Å². The van der Waals surface area contributed by atoms with Gasteiger partial charge in [-0.15, -0.1) is 0 Å². The Kier molecular flexibility index (Phi) is 4.14. The first-order valence-corrected chi connectivity index (χ1v) is 4.42. The highest BCUT2D eigenvalue weighted by Gasteiger charge is 2.03. The summed E-state index contributed by atoms with van der Waals surface area (Å²) in [6.07, 6.45) is 3.84. The Balaban J connectivity index is 2.18. The van der Waals surface area contributed by atoms with E-state index < -0.39 is 0 Å². The Hall–Kier alpha value is -2.05. The second-order valence-electron chi connectivity index (χ2n) is 2.94. The number of oxime groups is 1. The maximum absolute atomic E-state index is 11.1. The molecule has 5 N–H and O–H groups in total. The zero-order chi connectivity index (χ0) is 11.1. The molecule has 7 nitrogen and oxygen atoms in total. The molecule has 0 aromatic carbocycles. The summed E-state index contributed by atoms with van der Waals surface area (Å²) in [7, 11) is 0. The van der Waals surface area contributed by atoms with Crippen molar-refractivity contribution in [2.24, 2.45) is 10.9 Å². The lowest BCUT2D eigenvalue weighted by molar-refractivity contribution is -0.119. The smallest absolute Gasteiger partial charge is 0.227 e. The number of hydrogen-bond donors (Lipinski definition) is 4. The largest absolute Gasteiger partial charge is 0.409 e. The number of aromatic amines is 1. The molecule has 0 saturated heterocycles. The number of rotatable bonds is 5. The molecule has 1 amide bonds. The van der Waals surface area contributed by atoms with E-state index in [-0.39, 0.29) is 18.2 Å². The van der Waals surface area contributed by atoms with Crippen molar-refractivity contribution in [1.29, 1.82) is 0 Å². The van der Waals surface area contributed by atoms with Crippen LogP contribution in [0.25, 0.3) is 0 Å². The lowest BCUT2D eigenvalue weighted by atomic mass is 10.3. The third-order valence-corrected chi connectivity index (χ3v) is 1.74. The van der Waals surface area contributed by atoms with Gasteiger partial charge in [0.1, 0.15) is 5.84 Å². The molecular weight excluding hydrogens is 198 g/mol. The molecule has 0 aliphatic heterocycles. The molecule has 1 rings (SSSR count). The summed E-state index contributed by atoms with van der Waals surface area (Å²) in [5.41, 5.74) is 6.11. The Morgan fingerprint density at radius 2 is 2.53 bits per heavy atom. The highest BCUT2D eigenvalue weighted by molar-refractivity contribution is 5.98. The Bertz CT molecular complexity index is 333. The van der Waals surface area contributed by atoms with Crippen molar-refractivity contribution in [2.45, 2.75) is 12.8 Å². The summed E-state index contributed by atoms with van der Waals surface area (Å²) >= 11 is 0. The van der Waals surface area contributed by atoms with Gasteiger partial charge < -0.3 is 21.2 Å². The van der Waals surface area contributed by atoms with Crippen molar-refractivity contribution >= 4 is 11.7 Å². The molecule has 0 aliphatic carbocycles. The van der Waals surface area contributed by atoms with Crippen molar-refractivity contribution in [1.82, 2.24) is 15.3 Å². The standard InChI is InChI=1S/C8H13N5O2/c9-7(13-15)3-8(14)11-2-1-6-4-10-5-12-6/h4-5,15H,1-3H2,(H2,9,13)(H,10,12)(H,11,14). The number of amides is 1. The van der Waals surface area contributed by atoms with Crippen LogP contribution in [0.1, 0.15) is 12.1 Å². The maximum atomic E-state index is 11.1. The Morgan fingerprint density at radius 3 is 3.13 bits per heavy atom. The Morgan fingerprint density at radius 1 is 1.73 bits per heavy atom. The van der Waals surface area contributed by atoms with Gasteiger partial charge in [0.15, 0.2) is 0 Å². The van der Waals surface area contributed by atoms with Gasteiger partial charge in [-0.25, -0.2) is 4.98 Å². The minimum Gasteiger partial charge on any atom is -0.409 e. The second-order valence-corrected chi connectivity index (χ2v) is 2.94. The van der Waals surface area contributed by atoms with E-state index in [1.807, 2.05) is 0 Å². The number of nitrogens with two attached hydrogens (primary N) is 1. The van der Waals surface area contributed by atoms with Gasteiger partial charge in [0, 0.05) is 24.9 Å². The highest BCUT2D eigenvalue weighted by atomic mass is 16.4. The third-order valence-electron chi connectivity index (χ3n) is 1.74. The highest BCUT2D eigenvalue weighted by Crippen LogP contribution is 1.90. The molecule has 0 bridgehead atoms. The Labute approximate surface area is 86.4 Å². The molecule has 0 saturated carbocycles. The number of carbonyl (C=O) groups excluding carboxylic acids is 1. The fourth-order valence-corrected chi connectivity index (χ4v) is 1.02. The summed E-state index contributed by atoms with van der Waals surface area (Å²) in [5.74, 6) is -0.376. The van der Waals surface area contributed by atoms with Crippen LogP contribution in [-0.2, 0) is 11.2 Å². The summed E-state index contributed by atoms with van der Waals surface area (Å²) < 4.78 is 0. The predicted molar refractivity (Wildman–Crippen MR) is 53.3 cm³/mol. The number of carbonyl (C=O) groups is 1. The molecule has 0 aliphatic rings. The van der Waals surface area contributed by atoms with Gasteiger partial charge in [-0.1, -0.05) is 5.16 Å². The molecule has 7 heteroatoms. The topological polar surface area (TPSA) is 116 Å². The number of imidazole rings is 1. The first-order valence-electron chi connectivity index (χ1n) is 4.42. The van der Waals surface area contributed by atoms with Crippen LogP contribution in [0.15, 0.2) is 17.7 Å². The van der Waals surface area contributed by atoms with Crippen molar-refractivity contribution in [3.63, 3.8) is 0 Å². The minimum absolute atomic E-state index is 0.0977. The molecule has 1 heterocycles. The lowest BCUT2D eigenvalue weighted by Crippen LogP contribution is -2.30. The van der Waals surface area contributed by atoms with Crippen LogP contribution in [0.2, 0.25) is 0 Å². The SMILES string of the molecule is NC(CC(=O)NCCc1cnc[nH]1)=NO. The van der Waals surface area contributed by atoms with Crippen LogP contribution in [-0.4, -0.2) is 33.5 Å². The molecule has 0 radical (unpaired) electrons. The number of amidine groups is 1. The zero-order valence-electron chi connectivity index (χ0n) is 8.10. The molecule has 1 aromatic heterocycles. The molecular formula is C8H13N5O2. The van der Waals surface area contributed by atoms with Crippen molar-refractivity contribution in [2.75, 3.05) is 6.54 Å². The van der Waals surface area contributed by atoms with Crippen LogP contribution in [0.4, 0.5) is 0 Å². The quantitative estimate of drug-likeness (QED) is 0.221. The lowest BCUT2D eigenvalue weighted by Gasteiger charge is -2.02. The maximum Gasteiger partial charge on any atom is 0.227 e. The van der Waals surface area contributed by atoms with Gasteiger partial charge in [0.25, 0.3) is 0 Å². The number of aromatic nitrogens is 2. The normalized spacial score (nSPS) is 11.3. The van der Waals surface area contributed by atoms with Crippen molar-refractivity contribution in [3.05, 3.63) is 18.2 Å². The van der Waals surface area contributed by atoms with Gasteiger partial charge in [0.05, 0.1) is 12.7 Å². The van der Waals surface area contributed by atoms with Crippen molar-refractivity contribution in [3.8, 4) is 0 Å². The van der Waals surface area contributed by atoms with E-state index in [1.165, 1.54) is 0 Å². The molecule has 1 aromatic rings. The predicted octanol–water partition coefficient (Wildman–Crippen LogP) is -0.795. The van der Waals surface area contributed by atoms with E-state index in [0.29, 0.717) is 13.0 Å². The summed E-state index contributed by atoms with van der Waals surface area (Å²) in [6, 6.07) is 0. The number of nitrogens with one attached hydrogen (secondary N) is 2. The van der Waals surface area contributed by atoms with Crippen LogP contribution >= 0.6 is 0 Å². The first-order chi connectivity index (χ1) is 7.22. The van der Waals surface area contributed by atoms with Gasteiger partial charge >= 0.3 is 0 Å². The third kappa shape index (κ3) is 4.12. The van der Waals surface area contributed by atoms with E-state index in [4.69, 9.17) is 10.9 Å². The fourth-order valence-electron chi connectivity index (χ4n) is 1.02. The van der Waals surface area contributed by atoms with E-state index in [1.54, 1.807) is 12.5 Å². The molecule has 0 spiro atoms. The van der Waals surface area contributed by atoms with Crippen LogP contribution < -0.4 is 11.1 Å². The molecule has 0 fully saturated rings.